The molecule has 0 bridgehead atoms. The highest BCUT2D eigenvalue weighted by Gasteiger charge is 2.22. The van der Waals surface area contributed by atoms with Crippen molar-refractivity contribution in [2.45, 2.75) is 19.9 Å². The first-order valence-electron chi connectivity index (χ1n) is 8.83. The lowest BCUT2D eigenvalue weighted by molar-refractivity contribution is 0.432. The van der Waals surface area contributed by atoms with Crippen LogP contribution in [0, 0.1) is 6.92 Å². The minimum atomic E-state index is 0. The first-order valence-corrected chi connectivity index (χ1v) is 9.71. The Morgan fingerprint density at radius 2 is 2.00 bits per heavy atom. The van der Waals surface area contributed by atoms with E-state index in [1.54, 1.807) is 0 Å². The van der Waals surface area contributed by atoms with E-state index in [1.165, 1.54) is 22.5 Å². The van der Waals surface area contributed by atoms with Crippen molar-refractivity contribution in [3.8, 4) is 33.5 Å². The molecule has 142 valence electrons. The first kappa shape index (κ1) is 18.7. The summed E-state index contributed by atoms with van der Waals surface area (Å²) in [5.41, 5.74) is 6.36. The highest BCUT2D eigenvalue weighted by atomic mass is 35.5. The van der Waals surface area contributed by atoms with Gasteiger partial charge in [0.15, 0.2) is 5.01 Å². The van der Waals surface area contributed by atoms with Gasteiger partial charge < -0.3 is 9.84 Å². The van der Waals surface area contributed by atoms with Crippen LogP contribution in [-0.2, 0) is 13.0 Å². The van der Waals surface area contributed by atoms with E-state index in [0.717, 1.165) is 47.0 Å². The quantitative estimate of drug-likeness (QED) is 0.541. The standard InChI is InChI=1S/C20H17N5OS.ClH/c1-12-17(15-7-8-21-9-14(15)10-22-12)18-24-19(26-25-18)20-23-16(11-27-20)13-5-3-2-4-6-13;/h2-6,10-11,21H,7-9H2,1H3;1H. The highest BCUT2D eigenvalue weighted by Crippen LogP contribution is 2.32. The fraction of sp³-hybridized carbons (Fsp3) is 0.200. The fourth-order valence-corrected chi connectivity index (χ4v) is 4.14. The Kier molecular flexibility index (Phi) is 5.21. The summed E-state index contributed by atoms with van der Waals surface area (Å²) in [5, 5.41) is 10.3. The molecule has 1 aromatic carbocycles. The van der Waals surface area contributed by atoms with Crippen molar-refractivity contribution in [1.29, 1.82) is 0 Å². The Hall–Kier alpha value is -2.61. The summed E-state index contributed by atoms with van der Waals surface area (Å²) in [4.78, 5) is 13.8. The molecule has 4 aromatic rings. The highest BCUT2D eigenvalue weighted by molar-refractivity contribution is 7.13. The predicted molar refractivity (Wildman–Crippen MR) is 111 cm³/mol. The summed E-state index contributed by atoms with van der Waals surface area (Å²) >= 11 is 1.51. The molecule has 3 aromatic heterocycles. The van der Waals surface area contributed by atoms with E-state index in [2.05, 4.69) is 25.4 Å². The lowest BCUT2D eigenvalue weighted by Gasteiger charge is -2.19. The van der Waals surface area contributed by atoms with Gasteiger partial charge >= 0.3 is 0 Å². The Morgan fingerprint density at radius 1 is 1.14 bits per heavy atom. The van der Waals surface area contributed by atoms with Gasteiger partial charge in [0.05, 0.1) is 5.69 Å². The van der Waals surface area contributed by atoms with Crippen LogP contribution in [0.2, 0.25) is 0 Å². The predicted octanol–water partition coefficient (Wildman–Crippen LogP) is 4.30. The maximum absolute atomic E-state index is 5.54. The molecule has 1 aliphatic heterocycles. The summed E-state index contributed by atoms with van der Waals surface area (Å²) in [5.74, 6) is 1.04. The SMILES string of the molecule is Cc1ncc2c(c1-c1noc(-c3nc(-c4ccccc4)cs3)n1)CCNC2.Cl. The molecule has 6 nitrogen and oxygen atoms in total. The molecule has 1 N–H and O–H groups in total. The van der Waals surface area contributed by atoms with Crippen LogP contribution >= 0.6 is 23.7 Å². The zero-order chi connectivity index (χ0) is 18.2. The van der Waals surface area contributed by atoms with Crippen LogP contribution in [0.25, 0.3) is 33.5 Å². The number of nitrogens with zero attached hydrogens (tertiary/aromatic N) is 4. The number of rotatable bonds is 3. The molecule has 0 aliphatic carbocycles. The molecule has 0 amide bonds. The lowest BCUT2D eigenvalue weighted by atomic mass is 9.95. The van der Waals surface area contributed by atoms with Crippen molar-refractivity contribution in [3.63, 3.8) is 0 Å². The molecule has 0 saturated carbocycles. The van der Waals surface area contributed by atoms with Gasteiger partial charge in [0, 0.05) is 34.9 Å². The largest absolute Gasteiger partial charge is 0.331 e. The number of nitrogens with one attached hydrogen (secondary N) is 1. The topological polar surface area (TPSA) is 76.7 Å². The first-order chi connectivity index (χ1) is 13.3. The van der Waals surface area contributed by atoms with Crippen molar-refractivity contribution in [2.24, 2.45) is 0 Å². The number of hydrogen-bond donors (Lipinski definition) is 1. The van der Waals surface area contributed by atoms with E-state index in [0.29, 0.717) is 11.7 Å². The van der Waals surface area contributed by atoms with Gasteiger partial charge in [-0.2, -0.15) is 4.98 Å². The molecule has 28 heavy (non-hydrogen) atoms. The molecule has 0 unspecified atom stereocenters. The van der Waals surface area contributed by atoms with Crippen LogP contribution in [0.1, 0.15) is 16.8 Å². The van der Waals surface area contributed by atoms with E-state index in [9.17, 15) is 0 Å². The maximum atomic E-state index is 5.54. The second-order valence-corrected chi connectivity index (χ2v) is 7.33. The van der Waals surface area contributed by atoms with Crippen LogP contribution in [-0.4, -0.2) is 26.7 Å². The molecule has 0 radical (unpaired) electrons. The normalized spacial score (nSPS) is 13.0. The number of aromatic nitrogens is 4. The summed E-state index contributed by atoms with van der Waals surface area (Å²) in [6.45, 7) is 3.76. The third-order valence-electron chi connectivity index (χ3n) is 4.74. The van der Waals surface area contributed by atoms with Crippen molar-refractivity contribution in [1.82, 2.24) is 25.4 Å². The smallest absolute Gasteiger partial charge is 0.287 e. The molecule has 1 aliphatic rings. The number of fused-ring (bicyclic) bond motifs is 1. The summed E-state index contributed by atoms with van der Waals surface area (Å²) < 4.78 is 5.54. The van der Waals surface area contributed by atoms with Gasteiger partial charge in [0.1, 0.15) is 0 Å². The van der Waals surface area contributed by atoms with Gasteiger partial charge in [-0.05, 0) is 31.0 Å². The maximum Gasteiger partial charge on any atom is 0.287 e. The zero-order valence-electron chi connectivity index (χ0n) is 15.2. The molecular weight excluding hydrogens is 394 g/mol. The monoisotopic (exact) mass is 411 g/mol. The number of pyridine rings is 1. The second-order valence-electron chi connectivity index (χ2n) is 6.48. The Balaban J connectivity index is 0.00000192. The van der Waals surface area contributed by atoms with Crippen LogP contribution in [0.15, 0.2) is 46.4 Å². The summed E-state index contributed by atoms with van der Waals surface area (Å²) in [6, 6.07) is 10.1. The van der Waals surface area contributed by atoms with E-state index >= 15 is 0 Å². The number of aryl methyl sites for hydroxylation is 1. The lowest BCUT2D eigenvalue weighted by Crippen LogP contribution is -2.24. The third-order valence-corrected chi connectivity index (χ3v) is 5.57. The fourth-order valence-electron chi connectivity index (χ4n) is 3.39. The van der Waals surface area contributed by atoms with Crippen molar-refractivity contribution >= 4 is 23.7 Å². The zero-order valence-corrected chi connectivity index (χ0v) is 16.8. The molecule has 8 heteroatoms. The van der Waals surface area contributed by atoms with Crippen molar-refractivity contribution in [3.05, 3.63) is 58.7 Å². The number of thiazole rings is 1. The number of halogens is 1. The van der Waals surface area contributed by atoms with Crippen LogP contribution < -0.4 is 5.32 Å². The molecule has 0 atom stereocenters. The Morgan fingerprint density at radius 3 is 2.86 bits per heavy atom. The van der Waals surface area contributed by atoms with Crippen molar-refractivity contribution < 1.29 is 4.52 Å². The summed E-state index contributed by atoms with van der Waals surface area (Å²) in [6.07, 6.45) is 2.88. The van der Waals surface area contributed by atoms with Gasteiger partial charge in [-0.25, -0.2) is 4.98 Å². The minimum absolute atomic E-state index is 0. The minimum Gasteiger partial charge on any atom is -0.331 e. The number of hydrogen-bond acceptors (Lipinski definition) is 7. The Bertz CT molecular complexity index is 1110. The van der Waals surface area contributed by atoms with Crippen LogP contribution in [0.5, 0.6) is 0 Å². The van der Waals surface area contributed by atoms with Gasteiger partial charge in [-0.3, -0.25) is 4.98 Å². The van der Waals surface area contributed by atoms with Crippen LogP contribution in [0.4, 0.5) is 0 Å². The molecule has 0 spiro atoms. The van der Waals surface area contributed by atoms with Crippen LogP contribution in [0.3, 0.4) is 0 Å². The number of benzene rings is 1. The Labute approximate surface area is 172 Å². The van der Waals surface area contributed by atoms with E-state index in [-0.39, 0.29) is 12.4 Å². The van der Waals surface area contributed by atoms with E-state index in [1.807, 2.05) is 48.8 Å². The molecule has 0 saturated heterocycles. The van der Waals surface area contributed by atoms with Gasteiger partial charge in [-0.1, -0.05) is 35.5 Å². The molecule has 4 heterocycles. The van der Waals surface area contributed by atoms with Crippen molar-refractivity contribution in [2.75, 3.05) is 6.54 Å². The molecule has 0 fully saturated rings. The average molecular weight is 412 g/mol. The summed E-state index contributed by atoms with van der Waals surface area (Å²) in [7, 11) is 0. The second kappa shape index (κ2) is 7.79. The molecular formula is C20H18ClN5OS. The van der Waals surface area contributed by atoms with E-state index in [4.69, 9.17) is 4.52 Å². The average Bonchev–Trinajstić information content (AvgIpc) is 3.38. The van der Waals surface area contributed by atoms with E-state index < -0.39 is 0 Å². The molecule has 5 rings (SSSR count). The van der Waals surface area contributed by atoms with Gasteiger partial charge in [-0.15, -0.1) is 23.7 Å². The third kappa shape index (κ3) is 3.32. The van der Waals surface area contributed by atoms with Gasteiger partial charge in [0.2, 0.25) is 5.82 Å². The van der Waals surface area contributed by atoms with Gasteiger partial charge in [0.25, 0.3) is 5.89 Å².